The van der Waals surface area contributed by atoms with E-state index in [-0.39, 0.29) is 29.4 Å². The Bertz CT molecular complexity index is 1360. The topological polar surface area (TPSA) is 116 Å². The fourth-order valence-corrected chi connectivity index (χ4v) is 7.16. The highest BCUT2D eigenvalue weighted by molar-refractivity contribution is 7.89. The first-order valence-electron chi connectivity index (χ1n) is 10.3. The van der Waals surface area contributed by atoms with Crippen LogP contribution < -0.4 is 5.43 Å². The molecule has 1 unspecified atom stereocenters. The molecule has 2 heterocycles. The van der Waals surface area contributed by atoms with Crippen LogP contribution in [0.5, 0.6) is 0 Å². The van der Waals surface area contributed by atoms with Gasteiger partial charge in [-0.2, -0.15) is 13.7 Å². The van der Waals surface area contributed by atoms with Crippen molar-refractivity contribution in [2.45, 2.75) is 15.8 Å². The van der Waals surface area contributed by atoms with E-state index in [1.807, 2.05) is 11.4 Å². The van der Waals surface area contributed by atoms with Gasteiger partial charge in [-0.05, 0) is 35.7 Å². The molecule has 2 aromatic carbocycles. The lowest BCUT2D eigenvalue weighted by molar-refractivity contribution is -0.125. The van der Waals surface area contributed by atoms with Gasteiger partial charge in [-0.3, -0.25) is 4.79 Å². The molecule has 0 radical (unpaired) electrons. The third-order valence-electron chi connectivity index (χ3n) is 5.24. The van der Waals surface area contributed by atoms with Gasteiger partial charge in [-0.25, -0.2) is 22.3 Å². The molecule has 9 nitrogen and oxygen atoms in total. The highest BCUT2D eigenvalue weighted by Crippen LogP contribution is 2.25. The molecule has 1 atom stereocenters. The molecule has 1 aliphatic heterocycles. The molecule has 1 aromatic heterocycles. The Hall–Kier alpha value is -2.90. The smallest absolute Gasteiger partial charge is 0.259 e. The number of benzene rings is 2. The summed E-state index contributed by atoms with van der Waals surface area (Å²) in [5.74, 6) is -0.722. The lowest BCUT2D eigenvalue weighted by Crippen LogP contribution is -2.60. The second-order valence-corrected chi connectivity index (χ2v) is 12.2. The molecule has 34 heavy (non-hydrogen) atoms. The van der Waals surface area contributed by atoms with Gasteiger partial charge < -0.3 is 0 Å². The number of carbonyl (C=O) groups excluding carboxylic acids is 1. The molecule has 0 saturated carbocycles. The summed E-state index contributed by atoms with van der Waals surface area (Å²) in [5.41, 5.74) is 2.37. The van der Waals surface area contributed by atoms with Crippen molar-refractivity contribution < 1.29 is 21.6 Å². The molecule has 0 spiro atoms. The number of rotatable bonds is 7. The number of hydrazone groups is 1. The Morgan fingerprint density at radius 1 is 0.882 bits per heavy atom. The van der Waals surface area contributed by atoms with Gasteiger partial charge in [0.15, 0.2) is 0 Å². The number of hydrogen-bond acceptors (Lipinski definition) is 7. The Labute approximate surface area is 202 Å². The number of piperazine rings is 1. The summed E-state index contributed by atoms with van der Waals surface area (Å²) in [7, 11) is -7.98. The summed E-state index contributed by atoms with van der Waals surface area (Å²) in [6.45, 7) is -0.620. The molecule has 4 rings (SSSR count). The van der Waals surface area contributed by atoms with Crippen LogP contribution in [0.3, 0.4) is 0 Å². The summed E-state index contributed by atoms with van der Waals surface area (Å²) in [4.78, 5) is 14.0. The fourth-order valence-electron chi connectivity index (χ4n) is 3.53. The van der Waals surface area contributed by atoms with Crippen LogP contribution in [0, 0.1) is 0 Å². The normalized spacial score (nSPS) is 18.2. The number of thiophene rings is 1. The fraction of sp³-hybridized carbons (Fsp3) is 0.182. The first-order valence-corrected chi connectivity index (χ1v) is 14.0. The number of nitrogens with zero attached hydrogens (tertiary/aromatic N) is 3. The number of amides is 1. The van der Waals surface area contributed by atoms with Crippen molar-refractivity contribution in [1.29, 1.82) is 0 Å². The van der Waals surface area contributed by atoms with E-state index in [1.54, 1.807) is 42.5 Å². The monoisotopic (exact) mass is 518 g/mol. The summed E-state index contributed by atoms with van der Waals surface area (Å²) >= 11 is 1.42. The van der Waals surface area contributed by atoms with Crippen LogP contribution in [0.25, 0.3) is 0 Å². The van der Waals surface area contributed by atoms with Crippen molar-refractivity contribution in [3.8, 4) is 0 Å². The van der Waals surface area contributed by atoms with E-state index >= 15 is 0 Å². The van der Waals surface area contributed by atoms with Crippen molar-refractivity contribution in [2.75, 3.05) is 19.6 Å². The Balaban J connectivity index is 1.63. The number of hydrogen-bond donors (Lipinski definition) is 1. The van der Waals surface area contributed by atoms with Gasteiger partial charge in [0.1, 0.15) is 6.04 Å². The minimum absolute atomic E-state index is 0.0225. The average Bonchev–Trinajstić information content (AvgIpc) is 3.38. The van der Waals surface area contributed by atoms with Gasteiger partial charge in [0.2, 0.25) is 20.0 Å². The summed E-state index contributed by atoms with van der Waals surface area (Å²) in [6.07, 6.45) is 1.44. The van der Waals surface area contributed by atoms with Gasteiger partial charge in [-0.1, -0.05) is 42.5 Å². The molecule has 178 valence electrons. The van der Waals surface area contributed by atoms with Crippen LogP contribution >= 0.6 is 11.3 Å². The van der Waals surface area contributed by atoms with Crippen molar-refractivity contribution >= 4 is 43.5 Å². The van der Waals surface area contributed by atoms with Gasteiger partial charge in [-0.15, -0.1) is 11.3 Å². The van der Waals surface area contributed by atoms with E-state index < -0.39 is 32.0 Å². The maximum absolute atomic E-state index is 13.3. The predicted octanol–water partition coefficient (Wildman–Crippen LogP) is 1.96. The Morgan fingerprint density at radius 2 is 1.50 bits per heavy atom. The van der Waals surface area contributed by atoms with Gasteiger partial charge in [0.05, 0.1) is 16.0 Å². The number of carbonyl (C=O) groups is 1. The zero-order valence-electron chi connectivity index (χ0n) is 17.9. The predicted molar refractivity (Wildman–Crippen MR) is 129 cm³/mol. The summed E-state index contributed by atoms with van der Waals surface area (Å²) < 4.78 is 55.1. The van der Waals surface area contributed by atoms with Crippen molar-refractivity contribution in [2.24, 2.45) is 5.10 Å². The average molecular weight is 519 g/mol. The molecule has 0 aliphatic carbocycles. The van der Waals surface area contributed by atoms with Crippen LogP contribution in [0.4, 0.5) is 0 Å². The minimum atomic E-state index is -4.06. The SMILES string of the molecule is O=C(N/N=C/c1cccs1)C1CN(S(=O)(=O)c2ccccc2)CCN1S(=O)(=O)c1ccccc1. The van der Waals surface area contributed by atoms with E-state index in [0.29, 0.717) is 0 Å². The van der Waals surface area contributed by atoms with Crippen molar-refractivity contribution in [3.05, 3.63) is 83.1 Å². The molecule has 12 heteroatoms. The van der Waals surface area contributed by atoms with E-state index in [1.165, 1.54) is 41.8 Å². The highest BCUT2D eigenvalue weighted by Gasteiger charge is 2.43. The standard InChI is InChI=1S/C22H22N4O5S3/c27-22(24-23-16-18-8-7-15-32-18)21-17-25(33(28,29)19-9-3-1-4-10-19)13-14-26(21)34(30,31)20-11-5-2-6-12-20/h1-12,15-16,21H,13-14,17H2,(H,24,27)/b23-16+. The van der Waals surface area contributed by atoms with Crippen LogP contribution in [0.1, 0.15) is 4.88 Å². The maximum Gasteiger partial charge on any atom is 0.259 e. The lowest BCUT2D eigenvalue weighted by Gasteiger charge is -2.38. The Kier molecular flexibility index (Phi) is 7.24. The molecular weight excluding hydrogens is 496 g/mol. The summed E-state index contributed by atoms with van der Waals surface area (Å²) in [5, 5.41) is 5.77. The van der Waals surface area contributed by atoms with E-state index in [0.717, 1.165) is 13.5 Å². The highest BCUT2D eigenvalue weighted by atomic mass is 32.2. The molecule has 1 saturated heterocycles. The van der Waals surface area contributed by atoms with Gasteiger partial charge in [0.25, 0.3) is 5.91 Å². The Morgan fingerprint density at radius 3 is 2.09 bits per heavy atom. The molecule has 0 bridgehead atoms. The lowest BCUT2D eigenvalue weighted by atomic mass is 10.2. The van der Waals surface area contributed by atoms with Gasteiger partial charge in [0, 0.05) is 24.5 Å². The van der Waals surface area contributed by atoms with Crippen molar-refractivity contribution in [3.63, 3.8) is 0 Å². The molecule has 3 aromatic rings. The maximum atomic E-state index is 13.3. The molecule has 1 fully saturated rings. The quantitative estimate of drug-likeness (QED) is 0.379. The van der Waals surface area contributed by atoms with Crippen molar-refractivity contribution in [1.82, 2.24) is 14.0 Å². The molecule has 1 amide bonds. The largest absolute Gasteiger partial charge is 0.271 e. The molecule has 1 aliphatic rings. The minimum Gasteiger partial charge on any atom is -0.271 e. The molecule has 1 N–H and O–H groups in total. The van der Waals surface area contributed by atoms with E-state index in [4.69, 9.17) is 0 Å². The van der Waals surface area contributed by atoms with E-state index in [9.17, 15) is 21.6 Å². The number of nitrogens with one attached hydrogen (secondary N) is 1. The zero-order valence-corrected chi connectivity index (χ0v) is 20.3. The second kappa shape index (κ2) is 10.2. The van der Waals surface area contributed by atoms with Crippen LogP contribution in [0.2, 0.25) is 0 Å². The number of sulfonamides is 2. The summed E-state index contributed by atoms with van der Waals surface area (Å²) in [6, 6.07) is 17.9. The second-order valence-electron chi connectivity index (χ2n) is 7.37. The molecular formula is C22H22N4O5S3. The third-order valence-corrected chi connectivity index (χ3v) is 9.85. The van der Waals surface area contributed by atoms with Crippen LogP contribution in [-0.2, 0) is 24.8 Å². The third kappa shape index (κ3) is 5.10. The van der Waals surface area contributed by atoms with Crippen LogP contribution in [0.15, 0.2) is 93.1 Å². The van der Waals surface area contributed by atoms with E-state index in [2.05, 4.69) is 10.5 Å². The first kappa shape index (κ1) is 24.2. The van der Waals surface area contributed by atoms with Gasteiger partial charge >= 0.3 is 0 Å². The first-order chi connectivity index (χ1) is 16.3. The zero-order chi connectivity index (χ0) is 24.2. The van der Waals surface area contributed by atoms with Crippen LogP contribution in [-0.4, -0.2) is 63.2 Å².